The van der Waals surface area contributed by atoms with Crippen molar-refractivity contribution >= 4 is 83.6 Å². The summed E-state index contributed by atoms with van der Waals surface area (Å²) in [5.74, 6) is 1.53. The number of rotatable bonds is 7. The number of aromatic nitrogens is 7. The molecule has 0 saturated heterocycles. The van der Waals surface area contributed by atoms with Crippen molar-refractivity contribution in [3.05, 3.63) is 218 Å². The lowest BCUT2D eigenvalue weighted by atomic mass is 10.2. The summed E-state index contributed by atoms with van der Waals surface area (Å²) in [6.07, 6.45) is 0. The highest BCUT2D eigenvalue weighted by Gasteiger charge is 2.36. The summed E-state index contributed by atoms with van der Waals surface area (Å²) < 4.78 is 23.3. The topological polar surface area (TPSA) is 83.4 Å². The molecule has 0 fully saturated rings. The molecule has 13 rings (SSSR count). The van der Waals surface area contributed by atoms with Gasteiger partial charge in [-0.1, -0.05) is 133 Å². The lowest BCUT2D eigenvalue weighted by Crippen LogP contribution is -2.26. The molecule has 0 spiro atoms. The Morgan fingerprint density at radius 3 is 0.908 bits per heavy atom. The third-order valence-electron chi connectivity index (χ3n) is 12.5. The van der Waals surface area contributed by atoms with E-state index < -0.39 is 7.29 Å². The molecule has 8 nitrogen and oxygen atoms in total. The second-order valence-corrected chi connectivity index (χ2v) is 18.7. The van der Waals surface area contributed by atoms with Gasteiger partial charge in [-0.05, 0) is 84.9 Å². The molecule has 9 heteroatoms. The van der Waals surface area contributed by atoms with E-state index in [-0.39, 0.29) is 0 Å². The predicted molar refractivity (Wildman–Crippen MR) is 265 cm³/mol. The Balaban J connectivity index is 0.997. The fourth-order valence-corrected chi connectivity index (χ4v) is 12.4. The standard InChI is InChI=1S/C56H36N7OP/c64-65(63-51-31-11-5-21-41(51)42-22-6-12-32-52(42)63,55-35-15-25-45(59-55)43-23-13-33-53(57-43)61-47-27-7-1-17-37(47)38-18-2-8-28-48(38)61)56-36-16-26-46(60-56)44-24-14-34-54(58-44)62-49-29-9-3-19-39(49)40-20-4-10-30-50(40)62/h1-36H. The van der Waals surface area contributed by atoms with Crippen molar-refractivity contribution < 1.29 is 4.57 Å². The average molecular weight is 854 g/mol. The predicted octanol–water partition coefficient (Wildman–Crippen LogP) is 12.7. The minimum absolute atomic E-state index is 0.391. The number of fused-ring (bicyclic) bond motifs is 9. The van der Waals surface area contributed by atoms with Gasteiger partial charge in [0.15, 0.2) is 0 Å². The summed E-state index contributed by atoms with van der Waals surface area (Å²) in [6, 6.07) is 73.3. The Hall–Kier alpha value is -8.45. The largest absolute Gasteiger partial charge is 0.294 e. The second kappa shape index (κ2) is 14.6. The fraction of sp³-hybridized carbons (Fsp3) is 0. The van der Waals surface area contributed by atoms with Crippen molar-refractivity contribution in [2.75, 3.05) is 0 Å². The van der Waals surface area contributed by atoms with E-state index >= 15 is 4.57 Å². The van der Waals surface area contributed by atoms with Crippen molar-refractivity contribution in [1.29, 1.82) is 0 Å². The van der Waals surface area contributed by atoms with Gasteiger partial charge in [0.2, 0.25) is 0 Å². The zero-order valence-electron chi connectivity index (χ0n) is 34.8. The Morgan fingerprint density at radius 2 is 0.554 bits per heavy atom. The van der Waals surface area contributed by atoms with Crippen LogP contribution in [0, 0.1) is 0 Å². The summed E-state index contributed by atoms with van der Waals surface area (Å²) in [5, 5.41) is 6.63. The first-order valence-corrected chi connectivity index (χ1v) is 23.3. The van der Waals surface area contributed by atoms with E-state index in [1.165, 1.54) is 0 Å². The Kier molecular flexibility index (Phi) is 8.32. The zero-order valence-corrected chi connectivity index (χ0v) is 35.7. The van der Waals surface area contributed by atoms with Crippen LogP contribution in [0.5, 0.6) is 0 Å². The number of para-hydroxylation sites is 6. The molecule has 0 saturated carbocycles. The van der Waals surface area contributed by atoms with Crippen LogP contribution in [0.1, 0.15) is 0 Å². The summed E-state index contributed by atoms with van der Waals surface area (Å²) in [4.78, 5) is 21.1. The summed E-state index contributed by atoms with van der Waals surface area (Å²) in [7, 11) is -3.94. The fourth-order valence-electron chi connectivity index (χ4n) is 9.72. The Morgan fingerprint density at radius 1 is 0.277 bits per heavy atom. The van der Waals surface area contributed by atoms with Gasteiger partial charge in [0.1, 0.15) is 22.5 Å². The maximum Gasteiger partial charge on any atom is 0.269 e. The van der Waals surface area contributed by atoms with Crippen LogP contribution < -0.4 is 10.9 Å². The first kappa shape index (κ1) is 37.1. The second-order valence-electron chi connectivity index (χ2n) is 16.2. The van der Waals surface area contributed by atoms with Crippen LogP contribution in [0.3, 0.4) is 0 Å². The normalized spacial score (nSPS) is 12.1. The summed E-state index contributed by atoms with van der Waals surface area (Å²) in [6.45, 7) is 0. The van der Waals surface area contributed by atoms with Crippen molar-refractivity contribution in [3.8, 4) is 34.4 Å². The molecule has 306 valence electrons. The molecule has 0 radical (unpaired) electrons. The summed E-state index contributed by atoms with van der Waals surface area (Å²) in [5.41, 5.74) is 9.22. The molecule has 0 atom stereocenters. The summed E-state index contributed by atoms with van der Waals surface area (Å²) >= 11 is 0. The maximum absolute atomic E-state index is 17.0. The van der Waals surface area contributed by atoms with E-state index in [0.717, 1.165) is 77.1 Å². The molecule has 7 heterocycles. The molecule has 0 aliphatic carbocycles. The third-order valence-corrected chi connectivity index (χ3v) is 15.3. The van der Waals surface area contributed by atoms with Crippen LogP contribution in [-0.2, 0) is 4.57 Å². The number of nitrogens with zero attached hydrogens (tertiary/aromatic N) is 7. The van der Waals surface area contributed by atoms with E-state index in [1.54, 1.807) is 0 Å². The SMILES string of the molecule is O=P(c1cccc(-c2cccc(-n3c4ccccc4c4ccccc43)n2)n1)(c1cccc(-c2cccc(-n3c4ccccc4c4ccccc43)n2)n1)n1c2ccccc2c2ccccc21. The highest BCUT2D eigenvalue weighted by Crippen LogP contribution is 2.50. The van der Waals surface area contributed by atoms with Gasteiger partial charge in [-0.3, -0.25) is 18.0 Å². The van der Waals surface area contributed by atoms with Gasteiger partial charge < -0.3 is 0 Å². The number of hydrogen-bond acceptors (Lipinski definition) is 5. The van der Waals surface area contributed by atoms with Crippen LogP contribution in [0.15, 0.2) is 218 Å². The van der Waals surface area contributed by atoms with Crippen molar-refractivity contribution in [2.24, 2.45) is 0 Å². The highest BCUT2D eigenvalue weighted by molar-refractivity contribution is 7.77. The van der Waals surface area contributed by atoms with Crippen molar-refractivity contribution in [3.63, 3.8) is 0 Å². The number of pyridine rings is 4. The van der Waals surface area contributed by atoms with Gasteiger partial charge in [-0.2, -0.15) is 0 Å². The molecule has 0 aliphatic rings. The van der Waals surface area contributed by atoms with Crippen LogP contribution in [-0.4, -0.2) is 33.4 Å². The van der Waals surface area contributed by atoms with Gasteiger partial charge in [0, 0.05) is 32.3 Å². The van der Waals surface area contributed by atoms with Gasteiger partial charge in [-0.25, -0.2) is 19.9 Å². The molecular weight excluding hydrogens is 818 g/mol. The molecule has 13 aromatic rings. The van der Waals surface area contributed by atoms with Crippen LogP contribution in [0.25, 0.3) is 99.8 Å². The van der Waals surface area contributed by atoms with Crippen molar-refractivity contribution in [2.45, 2.75) is 0 Å². The third kappa shape index (κ3) is 5.67. The van der Waals surface area contributed by atoms with Crippen LogP contribution >= 0.6 is 7.29 Å². The molecule has 0 aliphatic heterocycles. The minimum Gasteiger partial charge on any atom is -0.294 e. The van der Waals surface area contributed by atoms with Crippen molar-refractivity contribution in [1.82, 2.24) is 33.4 Å². The number of benzene rings is 6. The maximum atomic E-state index is 17.0. The lowest BCUT2D eigenvalue weighted by Gasteiger charge is -2.22. The number of hydrogen-bond donors (Lipinski definition) is 0. The highest BCUT2D eigenvalue weighted by atomic mass is 31.2. The molecule has 6 aromatic carbocycles. The molecular formula is C56H36N7OP. The van der Waals surface area contributed by atoms with Gasteiger partial charge in [0.25, 0.3) is 7.29 Å². The van der Waals surface area contributed by atoms with Crippen LogP contribution in [0.4, 0.5) is 0 Å². The zero-order chi connectivity index (χ0) is 43.1. The van der Waals surface area contributed by atoms with E-state index in [2.05, 4.69) is 118 Å². The van der Waals surface area contributed by atoms with E-state index in [1.807, 2.05) is 114 Å². The molecule has 0 amide bonds. The van der Waals surface area contributed by atoms with Gasteiger partial charge >= 0.3 is 0 Å². The quantitative estimate of drug-likeness (QED) is 0.149. The monoisotopic (exact) mass is 853 g/mol. The molecule has 0 N–H and O–H groups in total. The first-order valence-electron chi connectivity index (χ1n) is 21.6. The van der Waals surface area contributed by atoms with Gasteiger partial charge in [-0.15, -0.1) is 0 Å². The minimum atomic E-state index is -3.94. The first-order chi connectivity index (χ1) is 32.1. The van der Waals surface area contributed by atoms with E-state index in [9.17, 15) is 0 Å². The molecule has 7 aromatic heterocycles. The lowest BCUT2D eigenvalue weighted by molar-refractivity contribution is 0.582. The molecule has 0 unspecified atom stereocenters. The van der Waals surface area contributed by atoms with E-state index in [0.29, 0.717) is 33.6 Å². The molecule has 0 bridgehead atoms. The Labute approximate surface area is 372 Å². The van der Waals surface area contributed by atoms with E-state index in [4.69, 9.17) is 19.9 Å². The molecule has 65 heavy (non-hydrogen) atoms. The van der Waals surface area contributed by atoms with Crippen LogP contribution in [0.2, 0.25) is 0 Å². The Bertz CT molecular complexity index is 3720. The smallest absolute Gasteiger partial charge is 0.269 e. The van der Waals surface area contributed by atoms with Gasteiger partial charge in [0.05, 0.1) is 55.9 Å². The average Bonchev–Trinajstić information content (AvgIpc) is 4.03.